The Morgan fingerprint density at radius 2 is 2.06 bits per heavy atom. The van der Waals surface area contributed by atoms with E-state index in [4.69, 9.17) is 11.6 Å². The second-order valence-corrected chi connectivity index (χ2v) is 8.96. The molecule has 0 aliphatic carbocycles. The van der Waals surface area contributed by atoms with Gasteiger partial charge in [-0.2, -0.15) is 0 Å². The molecule has 0 spiro atoms. The predicted molar refractivity (Wildman–Crippen MR) is 122 cm³/mol. The van der Waals surface area contributed by atoms with Gasteiger partial charge in [0.2, 0.25) is 5.91 Å². The molecule has 0 unspecified atom stereocenters. The van der Waals surface area contributed by atoms with Crippen LogP contribution in [0.4, 0.5) is 0 Å². The number of amides is 1. The van der Waals surface area contributed by atoms with Gasteiger partial charge >= 0.3 is 0 Å². The summed E-state index contributed by atoms with van der Waals surface area (Å²) in [4.78, 5) is 16.5. The van der Waals surface area contributed by atoms with Crippen LogP contribution in [0.3, 0.4) is 0 Å². The zero-order valence-electron chi connectivity index (χ0n) is 17.3. The van der Waals surface area contributed by atoms with Crippen LogP contribution >= 0.6 is 23.4 Å². The zero-order valence-corrected chi connectivity index (χ0v) is 18.9. The molecule has 2 aromatic carbocycles. The van der Waals surface area contributed by atoms with Crippen molar-refractivity contribution >= 4 is 29.3 Å². The van der Waals surface area contributed by atoms with Crippen LogP contribution in [-0.4, -0.2) is 56.4 Å². The molecule has 7 nitrogen and oxygen atoms in total. The largest absolute Gasteiger partial charge is 0.354 e. The third-order valence-corrected chi connectivity index (χ3v) is 6.55. The van der Waals surface area contributed by atoms with Gasteiger partial charge in [-0.05, 0) is 64.9 Å². The Morgan fingerprint density at radius 3 is 2.77 bits per heavy atom. The summed E-state index contributed by atoms with van der Waals surface area (Å²) in [5.41, 5.74) is 2.29. The number of hydrogen-bond acceptors (Lipinski definition) is 6. The number of nitrogens with zero attached hydrogens (tertiary/aromatic N) is 5. The van der Waals surface area contributed by atoms with Crippen LogP contribution in [0.1, 0.15) is 23.6 Å². The summed E-state index contributed by atoms with van der Waals surface area (Å²) in [5.74, 6) is 0.0401. The molecule has 162 valence electrons. The minimum absolute atomic E-state index is 0.0401. The summed E-state index contributed by atoms with van der Waals surface area (Å²) in [6, 6.07) is 16.1. The van der Waals surface area contributed by atoms with Gasteiger partial charge in [-0.3, -0.25) is 9.69 Å². The van der Waals surface area contributed by atoms with E-state index in [0.29, 0.717) is 24.5 Å². The SMILES string of the molecule is CSc1ccc(CN2C[C@H](n3cnnn3)C[C@H]2C(=O)NCCc2cccc(Cl)c2)cc1. The van der Waals surface area contributed by atoms with Crippen molar-refractivity contribution in [1.82, 2.24) is 30.4 Å². The molecule has 4 rings (SSSR count). The molecule has 1 aromatic heterocycles. The molecule has 1 saturated heterocycles. The number of carbonyl (C=O) groups is 1. The van der Waals surface area contributed by atoms with Gasteiger partial charge in [0.1, 0.15) is 6.33 Å². The molecule has 1 fully saturated rings. The van der Waals surface area contributed by atoms with Crippen LogP contribution in [-0.2, 0) is 17.8 Å². The number of tetrazole rings is 1. The Balaban J connectivity index is 1.41. The van der Waals surface area contributed by atoms with Crippen molar-refractivity contribution in [3.05, 3.63) is 71.0 Å². The van der Waals surface area contributed by atoms with E-state index in [0.717, 1.165) is 18.5 Å². The third-order valence-electron chi connectivity index (χ3n) is 5.57. The van der Waals surface area contributed by atoms with Crippen LogP contribution < -0.4 is 5.32 Å². The highest BCUT2D eigenvalue weighted by Gasteiger charge is 2.38. The molecular weight excluding hydrogens is 432 g/mol. The first-order valence-corrected chi connectivity index (χ1v) is 11.8. The molecule has 1 aliphatic rings. The first-order chi connectivity index (χ1) is 15.1. The van der Waals surface area contributed by atoms with Crippen molar-refractivity contribution in [2.24, 2.45) is 0 Å². The lowest BCUT2D eigenvalue weighted by Gasteiger charge is -2.23. The molecule has 2 heterocycles. The van der Waals surface area contributed by atoms with Gasteiger partial charge in [-0.25, -0.2) is 4.68 Å². The van der Waals surface area contributed by atoms with Gasteiger partial charge in [-0.1, -0.05) is 35.9 Å². The second kappa shape index (κ2) is 10.3. The van der Waals surface area contributed by atoms with Crippen molar-refractivity contribution in [2.45, 2.75) is 36.4 Å². The number of benzene rings is 2. The average molecular weight is 457 g/mol. The molecule has 0 radical (unpaired) electrons. The molecule has 2 atom stereocenters. The number of aromatic nitrogens is 4. The Bertz CT molecular complexity index is 998. The van der Waals surface area contributed by atoms with Crippen molar-refractivity contribution in [3.63, 3.8) is 0 Å². The van der Waals surface area contributed by atoms with Gasteiger partial charge in [0.25, 0.3) is 0 Å². The Kier molecular flexibility index (Phi) is 7.21. The number of carbonyl (C=O) groups excluding carboxylic acids is 1. The van der Waals surface area contributed by atoms with Crippen LogP contribution in [0, 0.1) is 0 Å². The fourth-order valence-corrected chi connectivity index (χ4v) is 4.58. The third kappa shape index (κ3) is 5.64. The highest BCUT2D eigenvalue weighted by atomic mass is 35.5. The van der Waals surface area contributed by atoms with Crippen LogP contribution in [0.15, 0.2) is 59.8 Å². The van der Waals surface area contributed by atoms with E-state index < -0.39 is 0 Å². The maximum absolute atomic E-state index is 13.1. The lowest BCUT2D eigenvalue weighted by molar-refractivity contribution is -0.125. The summed E-state index contributed by atoms with van der Waals surface area (Å²) < 4.78 is 1.75. The monoisotopic (exact) mass is 456 g/mol. The van der Waals surface area contributed by atoms with E-state index in [-0.39, 0.29) is 18.0 Å². The molecule has 1 amide bonds. The standard InChI is InChI=1S/C22H25ClN6OS/c1-31-20-7-5-17(6-8-20)13-28-14-19(29-15-25-26-27-29)12-21(28)22(30)24-10-9-16-3-2-4-18(23)11-16/h2-8,11,15,19,21H,9-10,12-14H2,1H3,(H,24,30)/t19-,21+/m1/s1. The topological polar surface area (TPSA) is 75.9 Å². The van der Waals surface area contributed by atoms with Crippen molar-refractivity contribution < 1.29 is 4.79 Å². The molecule has 0 saturated carbocycles. The van der Waals surface area contributed by atoms with E-state index in [9.17, 15) is 4.79 Å². The van der Waals surface area contributed by atoms with Crippen LogP contribution in [0.25, 0.3) is 0 Å². The number of rotatable bonds is 8. The smallest absolute Gasteiger partial charge is 0.237 e. The molecule has 3 aromatic rings. The minimum atomic E-state index is -0.228. The second-order valence-electron chi connectivity index (χ2n) is 7.64. The Hall–Kier alpha value is -2.42. The first kappa shape index (κ1) is 21.8. The highest BCUT2D eigenvalue weighted by molar-refractivity contribution is 7.98. The lowest BCUT2D eigenvalue weighted by Crippen LogP contribution is -2.43. The van der Waals surface area contributed by atoms with Gasteiger partial charge in [0, 0.05) is 29.6 Å². The highest BCUT2D eigenvalue weighted by Crippen LogP contribution is 2.28. The molecule has 9 heteroatoms. The normalized spacial score (nSPS) is 18.9. The number of likely N-dealkylation sites (tertiary alicyclic amines) is 1. The number of hydrogen-bond donors (Lipinski definition) is 1. The van der Waals surface area contributed by atoms with E-state index in [1.54, 1.807) is 22.8 Å². The fraction of sp³-hybridized carbons (Fsp3) is 0.364. The quantitative estimate of drug-likeness (QED) is 0.524. The van der Waals surface area contributed by atoms with Gasteiger partial charge in [0.15, 0.2) is 0 Å². The minimum Gasteiger partial charge on any atom is -0.354 e. The molecular formula is C22H25ClN6OS. The van der Waals surface area contributed by atoms with Gasteiger partial charge < -0.3 is 5.32 Å². The molecule has 0 bridgehead atoms. The van der Waals surface area contributed by atoms with Crippen LogP contribution in [0.5, 0.6) is 0 Å². The Morgan fingerprint density at radius 1 is 1.23 bits per heavy atom. The number of halogens is 1. The predicted octanol–water partition coefficient (Wildman–Crippen LogP) is 3.22. The zero-order chi connectivity index (χ0) is 21.6. The van der Waals surface area contributed by atoms with E-state index in [1.807, 2.05) is 24.3 Å². The summed E-state index contributed by atoms with van der Waals surface area (Å²) in [6.07, 6.45) is 5.11. The summed E-state index contributed by atoms with van der Waals surface area (Å²) in [7, 11) is 0. The Labute approximate surface area is 191 Å². The van der Waals surface area contributed by atoms with E-state index in [1.165, 1.54) is 10.5 Å². The van der Waals surface area contributed by atoms with Crippen molar-refractivity contribution in [1.29, 1.82) is 0 Å². The van der Waals surface area contributed by atoms with Crippen LogP contribution in [0.2, 0.25) is 5.02 Å². The number of thioether (sulfide) groups is 1. The fourth-order valence-electron chi connectivity index (χ4n) is 3.96. The average Bonchev–Trinajstić information content (AvgIpc) is 3.44. The van der Waals surface area contributed by atoms with E-state index >= 15 is 0 Å². The van der Waals surface area contributed by atoms with Gasteiger partial charge in [-0.15, -0.1) is 16.9 Å². The van der Waals surface area contributed by atoms with Crippen molar-refractivity contribution in [3.8, 4) is 0 Å². The summed E-state index contributed by atoms with van der Waals surface area (Å²) in [6.45, 7) is 2.00. The van der Waals surface area contributed by atoms with Crippen molar-refractivity contribution in [2.75, 3.05) is 19.3 Å². The van der Waals surface area contributed by atoms with E-state index in [2.05, 4.69) is 56.3 Å². The maximum atomic E-state index is 13.1. The number of nitrogens with one attached hydrogen (secondary N) is 1. The molecule has 1 aliphatic heterocycles. The molecule has 31 heavy (non-hydrogen) atoms. The maximum Gasteiger partial charge on any atom is 0.237 e. The van der Waals surface area contributed by atoms with Gasteiger partial charge in [0.05, 0.1) is 12.1 Å². The lowest BCUT2D eigenvalue weighted by atomic mass is 10.1. The first-order valence-electron chi connectivity index (χ1n) is 10.2. The summed E-state index contributed by atoms with van der Waals surface area (Å²) in [5, 5.41) is 15.4. The molecule has 1 N–H and O–H groups in total. The summed E-state index contributed by atoms with van der Waals surface area (Å²) >= 11 is 7.78.